The molecule has 0 saturated heterocycles. The van der Waals surface area contributed by atoms with E-state index in [1.54, 1.807) is 25.3 Å². The van der Waals surface area contributed by atoms with Gasteiger partial charge in [-0.1, -0.05) is 0 Å². The van der Waals surface area contributed by atoms with Gasteiger partial charge in [-0.25, -0.2) is 4.79 Å². The average molecular weight is 354 g/mol. The number of rotatable bonds is 7. The zero-order valence-corrected chi connectivity index (χ0v) is 14.1. The Balaban J connectivity index is 1.43. The lowest BCUT2D eigenvalue weighted by molar-refractivity contribution is 0.245. The van der Waals surface area contributed by atoms with E-state index in [0.29, 0.717) is 18.3 Å². The number of methoxy groups -OCH3 is 1. The van der Waals surface area contributed by atoms with Gasteiger partial charge < -0.3 is 19.2 Å². The quantitative estimate of drug-likeness (QED) is 0.633. The van der Waals surface area contributed by atoms with Crippen molar-refractivity contribution in [1.29, 1.82) is 0 Å². The van der Waals surface area contributed by atoms with Gasteiger partial charge in [0.15, 0.2) is 0 Å². The van der Waals surface area contributed by atoms with Crippen molar-refractivity contribution in [2.24, 2.45) is 0 Å². The van der Waals surface area contributed by atoms with Crippen LogP contribution in [0.3, 0.4) is 0 Å². The highest BCUT2D eigenvalue weighted by Gasteiger charge is 2.04. The molecule has 3 aromatic rings. The minimum Gasteiger partial charge on any atom is -0.497 e. The van der Waals surface area contributed by atoms with E-state index in [4.69, 9.17) is 13.9 Å². The van der Waals surface area contributed by atoms with Crippen LogP contribution in [0.15, 0.2) is 59.2 Å². The van der Waals surface area contributed by atoms with Gasteiger partial charge >= 0.3 is 6.03 Å². The van der Waals surface area contributed by atoms with Crippen molar-refractivity contribution in [2.45, 2.75) is 0 Å². The predicted molar refractivity (Wildman–Crippen MR) is 95.2 cm³/mol. The fourth-order valence-corrected chi connectivity index (χ4v) is 2.14. The highest BCUT2D eigenvalue weighted by atomic mass is 16.5. The van der Waals surface area contributed by atoms with Crippen molar-refractivity contribution in [3.05, 3.63) is 54.8 Å². The van der Waals surface area contributed by atoms with Crippen LogP contribution < -0.4 is 20.1 Å². The van der Waals surface area contributed by atoms with Gasteiger partial charge in [0.2, 0.25) is 11.8 Å². The molecule has 1 aromatic carbocycles. The number of furan rings is 1. The van der Waals surface area contributed by atoms with Crippen molar-refractivity contribution >= 4 is 11.9 Å². The van der Waals surface area contributed by atoms with E-state index in [-0.39, 0.29) is 12.6 Å². The van der Waals surface area contributed by atoms with Crippen LogP contribution in [0, 0.1) is 0 Å². The highest BCUT2D eigenvalue weighted by Crippen LogP contribution is 2.20. The summed E-state index contributed by atoms with van der Waals surface area (Å²) in [6, 6.07) is 14.1. The third kappa shape index (κ3) is 4.73. The van der Waals surface area contributed by atoms with Crippen LogP contribution in [0.25, 0.3) is 11.3 Å². The standard InChI is InChI=1S/C18H18N4O4/c1-24-14-6-4-13(5-7-14)15-8-9-17(22-21-15)26-12-10-19-18(23)20-16-3-2-11-25-16/h2-9,11H,10,12H2,1H3,(H2,19,20,23). The smallest absolute Gasteiger partial charge is 0.321 e. The van der Waals surface area contributed by atoms with Crippen LogP contribution in [0.1, 0.15) is 0 Å². The lowest BCUT2D eigenvalue weighted by atomic mass is 10.1. The fraction of sp³-hybridized carbons (Fsp3) is 0.167. The number of hydrogen-bond acceptors (Lipinski definition) is 6. The molecule has 0 aliphatic heterocycles. The van der Waals surface area contributed by atoms with Crippen LogP contribution in [-0.4, -0.2) is 36.5 Å². The van der Waals surface area contributed by atoms with E-state index in [2.05, 4.69) is 20.8 Å². The Hall–Kier alpha value is -3.55. The van der Waals surface area contributed by atoms with Gasteiger partial charge in [0.1, 0.15) is 12.4 Å². The van der Waals surface area contributed by atoms with Gasteiger partial charge in [0.05, 0.1) is 25.6 Å². The molecule has 134 valence electrons. The second-order valence-electron chi connectivity index (χ2n) is 5.19. The molecule has 2 N–H and O–H groups in total. The first-order valence-electron chi connectivity index (χ1n) is 7.94. The summed E-state index contributed by atoms with van der Waals surface area (Å²) in [6.45, 7) is 0.580. The Morgan fingerprint density at radius 2 is 1.96 bits per heavy atom. The summed E-state index contributed by atoms with van der Waals surface area (Å²) >= 11 is 0. The second-order valence-corrected chi connectivity index (χ2v) is 5.19. The lowest BCUT2D eigenvalue weighted by Crippen LogP contribution is -2.32. The molecule has 0 bridgehead atoms. The predicted octanol–water partition coefficient (Wildman–Crippen LogP) is 2.95. The van der Waals surface area contributed by atoms with Gasteiger partial charge in [-0.15, -0.1) is 10.2 Å². The first-order chi connectivity index (χ1) is 12.7. The number of benzene rings is 1. The fourth-order valence-electron chi connectivity index (χ4n) is 2.14. The van der Waals surface area contributed by atoms with E-state index in [1.807, 2.05) is 30.3 Å². The summed E-state index contributed by atoms with van der Waals surface area (Å²) in [7, 11) is 1.62. The van der Waals surface area contributed by atoms with Crippen molar-refractivity contribution in [3.63, 3.8) is 0 Å². The molecule has 0 atom stereocenters. The number of carbonyl (C=O) groups excluding carboxylic acids is 1. The molecular formula is C18H18N4O4. The van der Waals surface area contributed by atoms with Crippen LogP contribution in [0.5, 0.6) is 11.6 Å². The van der Waals surface area contributed by atoms with Crippen LogP contribution in [0.2, 0.25) is 0 Å². The third-order valence-electron chi connectivity index (χ3n) is 3.42. The lowest BCUT2D eigenvalue weighted by Gasteiger charge is -2.07. The van der Waals surface area contributed by atoms with E-state index >= 15 is 0 Å². The number of ether oxygens (including phenoxy) is 2. The molecule has 0 radical (unpaired) electrons. The maximum Gasteiger partial charge on any atom is 0.321 e. The van der Waals surface area contributed by atoms with Crippen molar-refractivity contribution < 1.29 is 18.7 Å². The van der Waals surface area contributed by atoms with Gasteiger partial charge in [0, 0.05) is 17.7 Å². The molecule has 26 heavy (non-hydrogen) atoms. The Morgan fingerprint density at radius 3 is 2.62 bits per heavy atom. The molecular weight excluding hydrogens is 336 g/mol. The second kappa shape index (κ2) is 8.52. The molecule has 3 rings (SSSR count). The zero-order chi connectivity index (χ0) is 18.2. The first kappa shape index (κ1) is 17.3. The Kier molecular flexibility index (Phi) is 5.66. The number of hydrogen-bond donors (Lipinski definition) is 2. The number of nitrogens with zero attached hydrogens (tertiary/aromatic N) is 2. The van der Waals surface area contributed by atoms with Gasteiger partial charge in [0.25, 0.3) is 0 Å². The number of amides is 2. The van der Waals surface area contributed by atoms with Gasteiger partial charge in [-0.2, -0.15) is 0 Å². The monoisotopic (exact) mass is 354 g/mol. The topological polar surface area (TPSA) is 98.5 Å². The summed E-state index contributed by atoms with van der Waals surface area (Å²) in [4.78, 5) is 11.6. The number of nitrogens with one attached hydrogen (secondary N) is 2. The summed E-state index contributed by atoms with van der Waals surface area (Å²) in [5.74, 6) is 1.55. The van der Waals surface area contributed by atoms with Crippen molar-refractivity contribution in [1.82, 2.24) is 15.5 Å². The normalized spacial score (nSPS) is 10.2. The van der Waals surface area contributed by atoms with Crippen molar-refractivity contribution in [2.75, 3.05) is 25.6 Å². The summed E-state index contributed by atoms with van der Waals surface area (Å²) in [5, 5.41) is 13.4. The van der Waals surface area contributed by atoms with E-state index in [9.17, 15) is 4.79 Å². The van der Waals surface area contributed by atoms with E-state index < -0.39 is 0 Å². The largest absolute Gasteiger partial charge is 0.497 e. The molecule has 0 fully saturated rings. The summed E-state index contributed by atoms with van der Waals surface area (Å²) in [5.41, 5.74) is 1.66. The van der Waals surface area contributed by atoms with Gasteiger partial charge in [-0.3, -0.25) is 5.32 Å². The van der Waals surface area contributed by atoms with Crippen LogP contribution in [0.4, 0.5) is 10.7 Å². The third-order valence-corrected chi connectivity index (χ3v) is 3.42. The molecule has 0 saturated carbocycles. The Labute approximate surface area is 150 Å². The van der Waals surface area contributed by atoms with Crippen LogP contribution >= 0.6 is 0 Å². The van der Waals surface area contributed by atoms with Crippen molar-refractivity contribution in [3.8, 4) is 22.9 Å². The number of carbonyl (C=O) groups is 1. The Morgan fingerprint density at radius 1 is 1.12 bits per heavy atom. The summed E-state index contributed by atoms with van der Waals surface area (Å²) < 4.78 is 15.6. The SMILES string of the molecule is COc1ccc(-c2ccc(OCCNC(=O)Nc3ccco3)nn2)cc1. The minimum absolute atomic E-state index is 0.266. The number of anilines is 1. The molecule has 0 unspecified atom stereocenters. The molecule has 0 aliphatic carbocycles. The molecule has 0 aliphatic rings. The molecule has 2 heterocycles. The molecule has 2 aromatic heterocycles. The number of urea groups is 1. The van der Waals surface area contributed by atoms with E-state index in [0.717, 1.165) is 17.0 Å². The maximum absolute atomic E-state index is 11.6. The minimum atomic E-state index is -0.371. The average Bonchev–Trinajstić information content (AvgIpc) is 3.19. The maximum atomic E-state index is 11.6. The molecule has 2 amide bonds. The zero-order valence-electron chi connectivity index (χ0n) is 14.1. The van der Waals surface area contributed by atoms with Gasteiger partial charge in [-0.05, 0) is 36.4 Å². The molecule has 8 heteroatoms. The van der Waals surface area contributed by atoms with E-state index in [1.165, 1.54) is 6.26 Å². The molecule has 0 spiro atoms. The van der Waals surface area contributed by atoms with Crippen LogP contribution in [-0.2, 0) is 0 Å². The highest BCUT2D eigenvalue weighted by molar-refractivity contribution is 5.87. The molecule has 8 nitrogen and oxygen atoms in total. The first-order valence-corrected chi connectivity index (χ1v) is 7.94. The summed E-state index contributed by atoms with van der Waals surface area (Å²) in [6.07, 6.45) is 1.48. The Bertz CT molecular complexity index is 817. The number of aromatic nitrogens is 2.